The molecule has 1 aliphatic rings. The largest absolute Gasteiger partial charge is 0.392 e. The van der Waals surface area contributed by atoms with E-state index in [4.69, 9.17) is 0 Å². The van der Waals surface area contributed by atoms with E-state index in [-0.39, 0.29) is 6.10 Å². The second kappa shape index (κ2) is 7.25. The van der Waals surface area contributed by atoms with E-state index in [1.807, 2.05) is 6.92 Å². The van der Waals surface area contributed by atoms with Crippen LogP contribution in [0.4, 0.5) is 0 Å². The fourth-order valence-corrected chi connectivity index (χ4v) is 2.28. The lowest BCUT2D eigenvalue weighted by Crippen LogP contribution is -2.45. The minimum absolute atomic E-state index is 0.173. The maximum atomic E-state index is 9.49. The van der Waals surface area contributed by atoms with Gasteiger partial charge >= 0.3 is 0 Å². The van der Waals surface area contributed by atoms with Crippen molar-refractivity contribution in [2.24, 2.45) is 5.92 Å². The topological polar surface area (TPSA) is 35.5 Å². The van der Waals surface area contributed by atoms with Crippen LogP contribution in [0.1, 0.15) is 40.0 Å². The molecule has 96 valence electrons. The van der Waals surface area contributed by atoms with Crippen LogP contribution >= 0.6 is 0 Å². The average Bonchev–Trinajstić information content (AvgIpc) is 2.27. The Kier molecular flexibility index (Phi) is 6.32. The highest BCUT2D eigenvalue weighted by atomic mass is 16.3. The molecule has 0 amide bonds. The molecule has 1 unspecified atom stereocenters. The minimum Gasteiger partial charge on any atom is -0.392 e. The summed E-state index contributed by atoms with van der Waals surface area (Å²) in [6.07, 6.45) is 3.12. The molecule has 0 saturated carbocycles. The Hall–Kier alpha value is -0.120. The maximum absolute atomic E-state index is 9.49. The highest BCUT2D eigenvalue weighted by molar-refractivity contribution is 4.78. The van der Waals surface area contributed by atoms with Crippen molar-refractivity contribution < 1.29 is 5.11 Å². The number of aliphatic hydroxyl groups is 1. The number of rotatable bonds is 6. The zero-order valence-corrected chi connectivity index (χ0v) is 11.1. The third-order valence-electron chi connectivity index (χ3n) is 3.32. The summed E-state index contributed by atoms with van der Waals surface area (Å²) in [5.74, 6) is 0.770. The van der Waals surface area contributed by atoms with Crippen molar-refractivity contribution >= 4 is 0 Å². The van der Waals surface area contributed by atoms with Gasteiger partial charge in [0.25, 0.3) is 0 Å². The van der Waals surface area contributed by atoms with Crippen molar-refractivity contribution in [3.8, 4) is 0 Å². The summed E-state index contributed by atoms with van der Waals surface area (Å²) < 4.78 is 0. The summed E-state index contributed by atoms with van der Waals surface area (Å²) in [5.41, 5.74) is 0. The summed E-state index contributed by atoms with van der Waals surface area (Å²) in [6.45, 7) is 11.0. The van der Waals surface area contributed by atoms with Gasteiger partial charge in [-0.15, -0.1) is 0 Å². The zero-order chi connectivity index (χ0) is 12.0. The summed E-state index contributed by atoms with van der Waals surface area (Å²) >= 11 is 0. The normalized spacial score (nSPS) is 21.6. The molecular weight excluding hydrogens is 200 g/mol. The molecule has 1 rings (SSSR count). The van der Waals surface area contributed by atoms with E-state index >= 15 is 0 Å². The predicted octanol–water partition coefficient (Wildman–Crippen LogP) is 1.47. The van der Waals surface area contributed by atoms with Crippen LogP contribution in [0, 0.1) is 5.92 Å². The number of piperidine rings is 1. The first-order chi connectivity index (χ1) is 7.61. The van der Waals surface area contributed by atoms with Gasteiger partial charge in [0.15, 0.2) is 0 Å². The van der Waals surface area contributed by atoms with Crippen LogP contribution in [0.5, 0.6) is 0 Å². The second-order valence-electron chi connectivity index (χ2n) is 5.44. The third kappa shape index (κ3) is 5.28. The molecule has 3 heteroatoms. The van der Waals surface area contributed by atoms with Gasteiger partial charge in [-0.2, -0.15) is 0 Å². The summed E-state index contributed by atoms with van der Waals surface area (Å²) in [6, 6.07) is 0.615. The first kappa shape index (κ1) is 13.9. The van der Waals surface area contributed by atoms with Gasteiger partial charge in [-0.1, -0.05) is 20.8 Å². The fourth-order valence-electron chi connectivity index (χ4n) is 2.28. The molecule has 0 bridgehead atoms. The van der Waals surface area contributed by atoms with Crippen molar-refractivity contribution in [1.29, 1.82) is 0 Å². The van der Waals surface area contributed by atoms with Gasteiger partial charge in [-0.25, -0.2) is 0 Å². The van der Waals surface area contributed by atoms with Gasteiger partial charge in [0.05, 0.1) is 6.10 Å². The van der Waals surface area contributed by atoms with Crippen molar-refractivity contribution in [2.45, 2.75) is 52.2 Å². The lowest BCUT2D eigenvalue weighted by Gasteiger charge is -2.33. The van der Waals surface area contributed by atoms with Gasteiger partial charge in [0.1, 0.15) is 0 Å². The SMILES string of the molecule is CCC(O)CNC1CCN(CC(C)C)CC1. The lowest BCUT2D eigenvalue weighted by atomic mass is 10.0. The molecule has 1 saturated heterocycles. The standard InChI is InChI=1S/C13H28N2O/c1-4-13(16)9-14-12-5-7-15(8-6-12)10-11(2)3/h11-14,16H,4-10H2,1-3H3. The number of nitrogens with zero attached hydrogens (tertiary/aromatic N) is 1. The first-order valence-electron chi connectivity index (χ1n) is 6.75. The Bertz CT molecular complexity index is 177. The molecular formula is C13H28N2O. The van der Waals surface area contributed by atoms with Crippen LogP contribution in [-0.4, -0.2) is 48.3 Å². The smallest absolute Gasteiger partial charge is 0.0662 e. The monoisotopic (exact) mass is 228 g/mol. The molecule has 0 spiro atoms. The van der Waals surface area contributed by atoms with E-state index in [0.29, 0.717) is 6.04 Å². The van der Waals surface area contributed by atoms with Crippen LogP contribution in [0.2, 0.25) is 0 Å². The number of aliphatic hydroxyl groups excluding tert-OH is 1. The first-order valence-corrected chi connectivity index (χ1v) is 6.75. The van der Waals surface area contributed by atoms with E-state index in [0.717, 1.165) is 18.9 Å². The Morgan fingerprint density at radius 2 is 1.94 bits per heavy atom. The van der Waals surface area contributed by atoms with Crippen LogP contribution in [0.15, 0.2) is 0 Å². The number of likely N-dealkylation sites (tertiary alicyclic amines) is 1. The minimum atomic E-state index is -0.173. The lowest BCUT2D eigenvalue weighted by molar-refractivity contribution is 0.143. The van der Waals surface area contributed by atoms with Crippen LogP contribution in [0.25, 0.3) is 0 Å². The molecule has 0 radical (unpaired) electrons. The quantitative estimate of drug-likeness (QED) is 0.722. The highest BCUT2D eigenvalue weighted by Crippen LogP contribution is 2.12. The van der Waals surface area contributed by atoms with Crippen LogP contribution in [0.3, 0.4) is 0 Å². The van der Waals surface area contributed by atoms with Crippen molar-refractivity contribution in [3.63, 3.8) is 0 Å². The van der Waals surface area contributed by atoms with Crippen LogP contribution in [-0.2, 0) is 0 Å². The van der Waals surface area contributed by atoms with E-state index in [2.05, 4.69) is 24.1 Å². The second-order valence-corrected chi connectivity index (χ2v) is 5.44. The van der Waals surface area contributed by atoms with E-state index in [1.54, 1.807) is 0 Å². The van der Waals surface area contributed by atoms with Gasteiger partial charge in [-0.3, -0.25) is 0 Å². The van der Waals surface area contributed by atoms with Gasteiger partial charge in [-0.05, 0) is 38.3 Å². The zero-order valence-electron chi connectivity index (χ0n) is 11.1. The molecule has 1 aliphatic heterocycles. The molecule has 2 N–H and O–H groups in total. The van der Waals surface area contributed by atoms with Gasteiger partial charge in [0.2, 0.25) is 0 Å². The van der Waals surface area contributed by atoms with Gasteiger partial charge in [0, 0.05) is 19.1 Å². The van der Waals surface area contributed by atoms with Crippen LogP contribution < -0.4 is 5.32 Å². The highest BCUT2D eigenvalue weighted by Gasteiger charge is 2.19. The van der Waals surface area contributed by atoms with E-state index < -0.39 is 0 Å². The molecule has 3 nitrogen and oxygen atoms in total. The summed E-state index contributed by atoms with van der Waals surface area (Å²) in [5, 5.41) is 13.0. The molecule has 1 heterocycles. The van der Waals surface area contributed by atoms with E-state index in [1.165, 1.54) is 32.5 Å². The van der Waals surface area contributed by atoms with E-state index in [9.17, 15) is 5.11 Å². The number of hydrogen-bond acceptors (Lipinski definition) is 3. The van der Waals surface area contributed by atoms with Gasteiger partial charge < -0.3 is 15.3 Å². The molecule has 0 aromatic heterocycles. The van der Waals surface area contributed by atoms with Crippen molar-refractivity contribution in [3.05, 3.63) is 0 Å². The molecule has 0 aliphatic carbocycles. The Morgan fingerprint density at radius 1 is 1.31 bits per heavy atom. The predicted molar refractivity (Wildman–Crippen MR) is 68.6 cm³/mol. The molecule has 1 atom stereocenters. The Morgan fingerprint density at radius 3 is 2.44 bits per heavy atom. The van der Waals surface area contributed by atoms with Crippen molar-refractivity contribution in [2.75, 3.05) is 26.2 Å². The molecule has 0 aromatic carbocycles. The average molecular weight is 228 g/mol. The molecule has 1 fully saturated rings. The fraction of sp³-hybridized carbons (Fsp3) is 1.00. The third-order valence-corrected chi connectivity index (χ3v) is 3.32. The molecule has 16 heavy (non-hydrogen) atoms. The summed E-state index contributed by atoms with van der Waals surface area (Å²) in [7, 11) is 0. The Balaban J connectivity index is 2.12. The maximum Gasteiger partial charge on any atom is 0.0662 e. The summed E-state index contributed by atoms with van der Waals surface area (Å²) in [4.78, 5) is 2.55. The van der Waals surface area contributed by atoms with Crippen molar-refractivity contribution in [1.82, 2.24) is 10.2 Å². The number of nitrogens with one attached hydrogen (secondary N) is 1. The number of hydrogen-bond donors (Lipinski definition) is 2. The molecule has 0 aromatic rings. The Labute approximate surface area is 100 Å².